The first-order valence-corrected chi connectivity index (χ1v) is 5.54. The number of benzene rings is 1. The zero-order valence-corrected chi connectivity index (χ0v) is 10.1. The molecule has 0 spiro atoms. The zero-order chi connectivity index (χ0) is 11.8. The van der Waals surface area contributed by atoms with Gasteiger partial charge in [-0.15, -0.1) is 0 Å². The number of hydrogen-bond donors (Lipinski definition) is 0. The summed E-state index contributed by atoms with van der Waals surface area (Å²) in [5, 5.41) is 0. The smallest absolute Gasteiger partial charge is 0.205 e. The molecule has 1 heterocycles. The monoisotopic (exact) mass is 218 g/mol. The van der Waals surface area contributed by atoms with Gasteiger partial charge in [-0.25, -0.2) is 0 Å². The van der Waals surface area contributed by atoms with Gasteiger partial charge in [0.1, 0.15) is 11.9 Å². The third kappa shape index (κ3) is 2.12. The molecule has 0 aliphatic carbocycles. The molecule has 0 saturated carbocycles. The van der Waals surface area contributed by atoms with Crippen molar-refractivity contribution in [3.63, 3.8) is 0 Å². The summed E-state index contributed by atoms with van der Waals surface area (Å²) in [4.78, 5) is 0. The minimum absolute atomic E-state index is 0.0352. The maximum atomic E-state index is 5.90. The number of rotatable bonds is 1. The predicted molar refractivity (Wildman–Crippen MR) is 63.7 cm³/mol. The van der Waals surface area contributed by atoms with E-state index < -0.39 is 0 Å². The van der Waals surface area contributed by atoms with Crippen molar-refractivity contribution < 1.29 is 9.47 Å². The summed E-state index contributed by atoms with van der Waals surface area (Å²) >= 11 is 0. The molecule has 2 atom stereocenters. The number of hydrogen-bond acceptors (Lipinski definition) is 2. The lowest BCUT2D eigenvalue weighted by atomic mass is 9.96. The molecule has 1 aliphatic heterocycles. The van der Waals surface area contributed by atoms with Gasteiger partial charge in [0.25, 0.3) is 0 Å². The van der Waals surface area contributed by atoms with Crippen LogP contribution in [0.3, 0.4) is 0 Å². The fourth-order valence-corrected chi connectivity index (χ4v) is 1.70. The van der Waals surface area contributed by atoms with Crippen LogP contribution in [0.1, 0.15) is 32.4 Å². The Morgan fingerprint density at radius 1 is 1.12 bits per heavy atom. The molecule has 0 bridgehead atoms. The average Bonchev–Trinajstić information content (AvgIpc) is 2.61. The van der Waals surface area contributed by atoms with Crippen LogP contribution in [-0.2, 0) is 9.47 Å². The molecule has 1 saturated heterocycles. The van der Waals surface area contributed by atoms with Crippen molar-refractivity contribution in [2.45, 2.75) is 33.2 Å². The van der Waals surface area contributed by atoms with Crippen molar-refractivity contribution in [2.24, 2.45) is 5.41 Å². The standard InChI is InChI=1S/C14H18O2/c1-10-12(11-8-6-5-7-9-11)16-13(15-10)14(2,3)4/h5-9,12-13H,1H2,2-4H3/t12-,13-/m1/s1. The van der Waals surface area contributed by atoms with Gasteiger partial charge in [0.15, 0.2) is 0 Å². The van der Waals surface area contributed by atoms with Crippen molar-refractivity contribution >= 4 is 0 Å². The highest BCUT2D eigenvalue weighted by Crippen LogP contribution is 2.40. The highest BCUT2D eigenvalue weighted by Gasteiger charge is 2.38. The zero-order valence-electron chi connectivity index (χ0n) is 10.1. The highest BCUT2D eigenvalue weighted by molar-refractivity contribution is 5.24. The van der Waals surface area contributed by atoms with Gasteiger partial charge in [-0.1, -0.05) is 57.7 Å². The molecule has 2 rings (SSSR count). The Balaban J connectivity index is 2.18. The summed E-state index contributed by atoms with van der Waals surface area (Å²) in [6.45, 7) is 10.2. The van der Waals surface area contributed by atoms with Gasteiger partial charge in [0.2, 0.25) is 6.29 Å². The molecule has 0 unspecified atom stereocenters. The quantitative estimate of drug-likeness (QED) is 0.716. The Kier molecular flexibility index (Phi) is 2.76. The molecular formula is C14H18O2. The summed E-state index contributed by atoms with van der Waals surface area (Å²) < 4.78 is 11.6. The number of ether oxygens (including phenoxy) is 2. The Hall–Kier alpha value is -1.28. The second-order valence-electron chi connectivity index (χ2n) is 5.21. The molecule has 0 amide bonds. The van der Waals surface area contributed by atoms with E-state index in [1.54, 1.807) is 0 Å². The fourth-order valence-electron chi connectivity index (χ4n) is 1.70. The van der Waals surface area contributed by atoms with E-state index >= 15 is 0 Å². The SMILES string of the molecule is C=C1O[C@@H](C(C)(C)C)O[C@H]1c1ccccc1. The van der Waals surface area contributed by atoms with Crippen molar-refractivity contribution in [1.82, 2.24) is 0 Å². The van der Waals surface area contributed by atoms with Crippen LogP contribution in [0.5, 0.6) is 0 Å². The van der Waals surface area contributed by atoms with E-state index in [9.17, 15) is 0 Å². The first-order chi connectivity index (χ1) is 7.48. The van der Waals surface area contributed by atoms with Crippen LogP contribution in [0.25, 0.3) is 0 Å². The first kappa shape index (κ1) is 11.2. The Morgan fingerprint density at radius 2 is 1.75 bits per heavy atom. The molecule has 0 aromatic heterocycles. The van der Waals surface area contributed by atoms with Crippen LogP contribution in [0.15, 0.2) is 42.7 Å². The molecule has 1 aliphatic rings. The van der Waals surface area contributed by atoms with Crippen LogP contribution < -0.4 is 0 Å². The maximum Gasteiger partial charge on any atom is 0.205 e. The summed E-state index contributed by atoms with van der Waals surface area (Å²) in [5.74, 6) is 0.700. The lowest BCUT2D eigenvalue weighted by Gasteiger charge is -2.24. The van der Waals surface area contributed by atoms with Crippen LogP contribution in [0, 0.1) is 5.41 Å². The molecule has 86 valence electrons. The fraction of sp³-hybridized carbons (Fsp3) is 0.429. The summed E-state index contributed by atoms with van der Waals surface area (Å²) in [6, 6.07) is 10.0. The summed E-state index contributed by atoms with van der Waals surface area (Å²) in [6.07, 6.45) is -0.351. The molecular weight excluding hydrogens is 200 g/mol. The third-order valence-electron chi connectivity index (χ3n) is 2.62. The largest absolute Gasteiger partial charge is 0.466 e. The predicted octanol–water partition coefficient (Wildman–Crippen LogP) is 3.66. The molecule has 0 radical (unpaired) electrons. The average molecular weight is 218 g/mol. The molecule has 2 heteroatoms. The van der Waals surface area contributed by atoms with Crippen molar-refractivity contribution in [3.8, 4) is 0 Å². The van der Waals surface area contributed by atoms with Gasteiger partial charge < -0.3 is 9.47 Å². The van der Waals surface area contributed by atoms with E-state index in [1.807, 2.05) is 30.3 Å². The molecule has 1 fully saturated rings. The highest BCUT2D eigenvalue weighted by atomic mass is 16.7. The van der Waals surface area contributed by atoms with Crippen LogP contribution in [-0.4, -0.2) is 6.29 Å². The minimum Gasteiger partial charge on any atom is -0.466 e. The Labute approximate surface area is 96.9 Å². The third-order valence-corrected chi connectivity index (χ3v) is 2.62. The van der Waals surface area contributed by atoms with Crippen LogP contribution in [0.2, 0.25) is 0 Å². The van der Waals surface area contributed by atoms with Crippen molar-refractivity contribution in [2.75, 3.05) is 0 Å². The van der Waals surface area contributed by atoms with Crippen LogP contribution in [0.4, 0.5) is 0 Å². The normalized spacial score (nSPS) is 25.6. The summed E-state index contributed by atoms with van der Waals surface area (Å²) in [7, 11) is 0. The summed E-state index contributed by atoms with van der Waals surface area (Å²) in [5.41, 5.74) is 1.06. The van der Waals surface area contributed by atoms with Gasteiger partial charge >= 0.3 is 0 Å². The topological polar surface area (TPSA) is 18.5 Å². The van der Waals surface area contributed by atoms with Crippen molar-refractivity contribution in [1.29, 1.82) is 0 Å². The van der Waals surface area contributed by atoms with Gasteiger partial charge in [-0.2, -0.15) is 0 Å². The second kappa shape index (κ2) is 3.95. The maximum absolute atomic E-state index is 5.90. The Morgan fingerprint density at radius 3 is 2.25 bits per heavy atom. The first-order valence-electron chi connectivity index (χ1n) is 5.54. The molecule has 1 aromatic carbocycles. The van der Waals surface area contributed by atoms with E-state index in [1.165, 1.54) is 0 Å². The van der Waals surface area contributed by atoms with Gasteiger partial charge in [0, 0.05) is 5.41 Å². The van der Waals surface area contributed by atoms with E-state index in [-0.39, 0.29) is 17.8 Å². The molecule has 1 aromatic rings. The van der Waals surface area contributed by atoms with Gasteiger partial charge in [0.05, 0.1) is 0 Å². The Bertz CT molecular complexity index is 375. The molecule has 16 heavy (non-hydrogen) atoms. The minimum atomic E-state index is -0.217. The van der Waals surface area contributed by atoms with Crippen LogP contribution >= 0.6 is 0 Å². The lowest BCUT2D eigenvalue weighted by molar-refractivity contribution is -0.120. The van der Waals surface area contributed by atoms with Crippen molar-refractivity contribution in [3.05, 3.63) is 48.2 Å². The molecule has 2 nitrogen and oxygen atoms in total. The van der Waals surface area contributed by atoms with E-state index in [0.29, 0.717) is 5.76 Å². The van der Waals surface area contributed by atoms with Gasteiger partial charge in [-0.3, -0.25) is 0 Å². The van der Waals surface area contributed by atoms with E-state index in [2.05, 4.69) is 27.4 Å². The second-order valence-corrected chi connectivity index (χ2v) is 5.21. The molecule has 0 N–H and O–H groups in total. The van der Waals surface area contributed by atoms with E-state index in [4.69, 9.17) is 9.47 Å². The lowest BCUT2D eigenvalue weighted by Crippen LogP contribution is -2.26. The van der Waals surface area contributed by atoms with Gasteiger partial charge in [-0.05, 0) is 5.56 Å². The van der Waals surface area contributed by atoms with E-state index in [0.717, 1.165) is 5.56 Å².